The topological polar surface area (TPSA) is 12.5 Å². The third kappa shape index (κ3) is 2.79. The summed E-state index contributed by atoms with van der Waals surface area (Å²) in [7, 11) is 1.74. The summed E-state index contributed by atoms with van der Waals surface area (Å²) in [5.41, 5.74) is 0.780. The Morgan fingerprint density at radius 2 is 1.91 bits per heavy atom. The molecular formula is C18H25F2NO. The highest BCUT2D eigenvalue weighted by Gasteiger charge is 2.68. The van der Waals surface area contributed by atoms with Gasteiger partial charge in [0.05, 0.1) is 12.0 Å². The van der Waals surface area contributed by atoms with Gasteiger partial charge >= 0.3 is 0 Å². The molecule has 0 radical (unpaired) electrons. The highest BCUT2D eigenvalue weighted by Crippen LogP contribution is 2.61. The van der Waals surface area contributed by atoms with Crippen LogP contribution in [0, 0.1) is 11.3 Å². The van der Waals surface area contributed by atoms with Crippen LogP contribution in [-0.2, 0) is 4.74 Å². The summed E-state index contributed by atoms with van der Waals surface area (Å²) in [5, 5.41) is 0. The van der Waals surface area contributed by atoms with E-state index in [1.165, 1.54) is 0 Å². The molecule has 2 aliphatic rings. The second kappa shape index (κ2) is 5.57. The lowest BCUT2D eigenvalue weighted by atomic mass is 9.81. The third-order valence-corrected chi connectivity index (χ3v) is 5.31. The molecule has 1 saturated carbocycles. The molecule has 2 fully saturated rings. The van der Waals surface area contributed by atoms with Gasteiger partial charge in [-0.25, -0.2) is 8.78 Å². The monoisotopic (exact) mass is 309 g/mol. The number of nitrogens with zero attached hydrogens (tertiary/aromatic N) is 1. The Bertz CT molecular complexity index is 517. The molecule has 4 heteroatoms. The first kappa shape index (κ1) is 15.9. The normalized spacial score (nSPS) is 33.6. The number of ether oxygens (including phenoxy) is 1. The zero-order chi connectivity index (χ0) is 16.0. The Hall–Kier alpha value is -1.00. The zero-order valence-corrected chi connectivity index (χ0v) is 13.6. The van der Waals surface area contributed by atoms with E-state index in [9.17, 15) is 8.78 Å². The highest BCUT2D eigenvalue weighted by molar-refractivity contribution is 5.32. The Labute approximate surface area is 131 Å². The Morgan fingerprint density at radius 1 is 1.23 bits per heavy atom. The maximum atomic E-state index is 14.2. The number of hydrogen-bond acceptors (Lipinski definition) is 2. The van der Waals surface area contributed by atoms with Crippen molar-refractivity contribution >= 4 is 0 Å². The van der Waals surface area contributed by atoms with Gasteiger partial charge in [0.15, 0.2) is 0 Å². The van der Waals surface area contributed by atoms with Crippen LogP contribution in [0.4, 0.5) is 8.78 Å². The molecule has 0 spiro atoms. The second-order valence-corrected chi connectivity index (χ2v) is 7.41. The largest absolute Gasteiger partial charge is 0.381 e. The first-order chi connectivity index (χ1) is 10.4. The van der Waals surface area contributed by atoms with Gasteiger partial charge in [-0.3, -0.25) is 0 Å². The number of likely N-dealkylation sites (tertiary alicyclic amines) is 1. The van der Waals surface area contributed by atoms with Crippen molar-refractivity contribution in [1.29, 1.82) is 0 Å². The molecule has 1 aromatic rings. The highest BCUT2D eigenvalue weighted by atomic mass is 19.3. The average molecular weight is 309 g/mol. The van der Waals surface area contributed by atoms with Gasteiger partial charge in [0.2, 0.25) is 0 Å². The van der Waals surface area contributed by atoms with Crippen LogP contribution in [0.15, 0.2) is 30.3 Å². The van der Waals surface area contributed by atoms with E-state index in [2.05, 4.69) is 18.7 Å². The van der Waals surface area contributed by atoms with Crippen molar-refractivity contribution in [2.45, 2.75) is 38.2 Å². The molecule has 3 rings (SSSR count). The van der Waals surface area contributed by atoms with E-state index < -0.39 is 17.8 Å². The van der Waals surface area contributed by atoms with Crippen molar-refractivity contribution in [2.75, 3.05) is 26.7 Å². The van der Waals surface area contributed by atoms with Gasteiger partial charge in [-0.2, -0.15) is 0 Å². The molecule has 1 aromatic carbocycles. The minimum absolute atomic E-state index is 0.0133. The molecule has 2 nitrogen and oxygen atoms in total. The maximum Gasteiger partial charge on any atom is 0.260 e. The van der Waals surface area contributed by atoms with Crippen molar-refractivity contribution in [2.24, 2.45) is 11.3 Å². The molecule has 0 bridgehead atoms. The summed E-state index contributed by atoms with van der Waals surface area (Å²) in [6.45, 7) is 6.46. The van der Waals surface area contributed by atoms with Crippen LogP contribution in [-0.4, -0.2) is 43.7 Å². The van der Waals surface area contributed by atoms with Crippen LogP contribution in [0.5, 0.6) is 0 Å². The van der Waals surface area contributed by atoms with Crippen LogP contribution in [0.2, 0.25) is 0 Å². The summed E-state index contributed by atoms with van der Waals surface area (Å²) in [5.74, 6) is -3.73. The van der Waals surface area contributed by atoms with E-state index in [-0.39, 0.29) is 11.5 Å². The number of methoxy groups -OCH3 is 1. The fourth-order valence-corrected chi connectivity index (χ4v) is 4.05. The van der Waals surface area contributed by atoms with E-state index >= 15 is 0 Å². The lowest BCUT2D eigenvalue weighted by molar-refractivity contribution is -0.0545. The lowest BCUT2D eigenvalue weighted by Crippen LogP contribution is -2.50. The molecule has 22 heavy (non-hydrogen) atoms. The van der Waals surface area contributed by atoms with Gasteiger partial charge in [0.25, 0.3) is 5.92 Å². The number of benzene rings is 1. The molecule has 1 aliphatic carbocycles. The van der Waals surface area contributed by atoms with Crippen LogP contribution in [0.1, 0.15) is 31.7 Å². The van der Waals surface area contributed by atoms with Crippen LogP contribution in [0.25, 0.3) is 0 Å². The van der Waals surface area contributed by atoms with E-state index in [0.29, 0.717) is 6.54 Å². The van der Waals surface area contributed by atoms with Gasteiger partial charge in [0.1, 0.15) is 0 Å². The molecule has 1 unspecified atom stereocenters. The smallest absolute Gasteiger partial charge is 0.260 e. The van der Waals surface area contributed by atoms with Crippen molar-refractivity contribution in [3.05, 3.63) is 35.9 Å². The molecule has 3 atom stereocenters. The summed E-state index contributed by atoms with van der Waals surface area (Å²) in [6, 6.07) is 9.19. The third-order valence-electron chi connectivity index (χ3n) is 5.31. The number of alkyl halides is 2. The fourth-order valence-electron chi connectivity index (χ4n) is 4.05. The van der Waals surface area contributed by atoms with Crippen LogP contribution >= 0.6 is 0 Å². The van der Waals surface area contributed by atoms with Crippen LogP contribution in [0.3, 0.4) is 0 Å². The van der Waals surface area contributed by atoms with Crippen LogP contribution < -0.4 is 0 Å². The quantitative estimate of drug-likeness (QED) is 0.839. The number of rotatable bonds is 4. The molecule has 1 aliphatic heterocycles. The van der Waals surface area contributed by atoms with E-state index in [1.807, 2.05) is 30.3 Å². The van der Waals surface area contributed by atoms with Crippen molar-refractivity contribution < 1.29 is 13.5 Å². The molecule has 1 saturated heterocycles. The second-order valence-electron chi connectivity index (χ2n) is 7.41. The maximum absolute atomic E-state index is 14.2. The molecule has 0 N–H and O–H groups in total. The summed E-state index contributed by atoms with van der Waals surface area (Å²) >= 11 is 0. The number of piperidine rings is 1. The number of halogens is 2. The van der Waals surface area contributed by atoms with Gasteiger partial charge in [0, 0.05) is 38.1 Å². The molecule has 0 aromatic heterocycles. The predicted octanol–water partition coefficient (Wildman–Crippen LogP) is 3.78. The van der Waals surface area contributed by atoms with Gasteiger partial charge in [-0.15, -0.1) is 0 Å². The Morgan fingerprint density at radius 3 is 2.50 bits per heavy atom. The van der Waals surface area contributed by atoms with E-state index in [1.54, 1.807) is 7.11 Å². The Kier molecular flexibility index (Phi) is 4.02. The predicted molar refractivity (Wildman–Crippen MR) is 83.3 cm³/mol. The first-order valence-electron chi connectivity index (χ1n) is 8.04. The molecule has 122 valence electrons. The first-order valence-corrected chi connectivity index (χ1v) is 8.04. The van der Waals surface area contributed by atoms with Crippen molar-refractivity contribution in [3.63, 3.8) is 0 Å². The van der Waals surface area contributed by atoms with Gasteiger partial charge < -0.3 is 9.64 Å². The fraction of sp³-hybridized carbons (Fsp3) is 0.667. The molecular weight excluding hydrogens is 284 g/mol. The molecule has 0 amide bonds. The van der Waals surface area contributed by atoms with Crippen molar-refractivity contribution in [1.82, 2.24) is 4.90 Å². The minimum Gasteiger partial charge on any atom is -0.381 e. The van der Waals surface area contributed by atoms with Gasteiger partial charge in [-0.1, -0.05) is 44.2 Å². The average Bonchev–Trinajstić information content (AvgIpc) is 3.00. The minimum atomic E-state index is -2.57. The van der Waals surface area contributed by atoms with Crippen molar-refractivity contribution in [3.8, 4) is 0 Å². The standard InChI is InChI=1S/C18H25F2NO/c1-17(2)12-21(10-9-15(17)22-3)11-14-16(18(14,19)20)13-7-5-4-6-8-13/h4-8,14-16H,9-12H2,1-3H3/t14-,15?,16-/m1/s1. The number of hydrogen-bond donors (Lipinski definition) is 0. The summed E-state index contributed by atoms with van der Waals surface area (Å²) < 4.78 is 33.9. The van der Waals surface area contributed by atoms with E-state index in [0.717, 1.165) is 25.1 Å². The zero-order valence-electron chi connectivity index (χ0n) is 13.6. The Balaban J connectivity index is 1.65. The SMILES string of the molecule is COC1CCN(C[C@@H]2[C@@H](c3ccccc3)C2(F)F)CC1(C)C. The molecule has 1 heterocycles. The lowest BCUT2D eigenvalue weighted by Gasteiger charge is -2.43. The summed E-state index contributed by atoms with van der Waals surface area (Å²) in [4.78, 5) is 2.19. The summed E-state index contributed by atoms with van der Waals surface area (Å²) in [6.07, 6.45) is 1.13. The van der Waals surface area contributed by atoms with E-state index in [4.69, 9.17) is 4.74 Å². The van der Waals surface area contributed by atoms with Gasteiger partial charge in [-0.05, 0) is 12.0 Å².